The lowest BCUT2D eigenvalue weighted by Crippen LogP contribution is -2.28. The van der Waals surface area contributed by atoms with Crippen molar-refractivity contribution in [2.24, 2.45) is 11.8 Å². The van der Waals surface area contributed by atoms with Gasteiger partial charge in [0, 0.05) is 6.42 Å². The Kier molecular flexibility index (Phi) is 5.18. The van der Waals surface area contributed by atoms with Gasteiger partial charge in [-0.2, -0.15) is 0 Å². The second-order valence-electron chi connectivity index (χ2n) is 6.22. The first kappa shape index (κ1) is 14.7. The van der Waals surface area contributed by atoms with Crippen molar-refractivity contribution in [3.63, 3.8) is 0 Å². The van der Waals surface area contributed by atoms with Gasteiger partial charge in [0.2, 0.25) is 0 Å². The summed E-state index contributed by atoms with van der Waals surface area (Å²) in [5, 5.41) is 0. The first-order valence-electron chi connectivity index (χ1n) is 7.08. The van der Waals surface area contributed by atoms with Crippen molar-refractivity contribution in [2.75, 3.05) is 0 Å². The minimum Gasteiger partial charge on any atom is -0.364 e. The predicted molar refractivity (Wildman–Crippen MR) is 71.0 cm³/mol. The molecule has 1 fully saturated rings. The predicted octanol–water partition coefficient (Wildman–Crippen LogP) is 3.98. The summed E-state index contributed by atoms with van der Waals surface area (Å²) in [6, 6.07) is 0. The van der Waals surface area contributed by atoms with Gasteiger partial charge >= 0.3 is 0 Å². The third-order valence-corrected chi connectivity index (χ3v) is 4.19. The van der Waals surface area contributed by atoms with Crippen LogP contribution >= 0.6 is 0 Å². The first-order chi connectivity index (χ1) is 7.86. The number of carbonyl (C=O) groups is 1. The van der Waals surface area contributed by atoms with Crippen molar-refractivity contribution >= 4 is 5.78 Å². The maximum absolute atomic E-state index is 11.7. The summed E-state index contributed by atoms with van der Waals surface area (Å²) in [5.74, 6) is 1.59. The van der Waals surface area contributed by atoms with E-state index < -0.39 is 5.60 Å². The third-order valence-electron chi connectivity index (χ3n) is 4.19. The van der Waals surface area contributed by atoms with E-state index in [4.69, 9.17) is 4.74 Å². The average Bonchev–Trinajstić information content (AvgIpc) is 2.53. The van der Waals surface area contributed by atoms with Crippen LogP contribution in [0.15, 0.2) is 0 Å². The molecule has 1 aliphatic rings. The summed E-state index contributed by atoms with van der Waals surface area (Å²) in [5.41, 5.74) is -0.546. The molecule has 1 saturated heterocycles. The maximum Gasteiger partial charge on any atom is 0.166 e. The van der Waals surface area contributed by atoms with Crippen LogP contribution in [0.3, 0.4) is 0 Å². The van der Waals surface area contributed by atoms with E-state index in [-0.39, 0.29) is 11.9 Å². The Morgan fingerprint density at radius 3 is 2.47 bits per heavy atom. The Labute approximate surface area is 106 Å². The zero-order chi connectivity index (χ0) is 13.1. The molecule has 0 N–H and O–H groups in total. The summed E-state index contributed by atoms with van der Waals surface area (Å²) in [6.07, 6.45) is 5.75. The minimum atomic E-state index is -0.546. The topological polar surface area (TPSA) is 26.3 Å². The summed E-state index contributed by atoms with van der Waals surface area (Å²) < 4.78 is 5.86. The highest BCUT2D eigenvalue weighted by atomic mass is 16.5. The SMILES string of the molecule is CCC(C)CCCC(C)[C@@H]1CC(=O)C(C)(C)O1. The lowest BCUT2D eigenvalue weighted by atomic mass is 9.92. The number of hydrogen-bond donors (Lipinski definition) is 0. The largest absolute Gasteiger partial charge is 0.364 e. The number of ketones is 1. The van der Waals surface area contributed by atoms with Crippen molar-refractivity contribution in [3.05, 3.63) is 0 Å². The summed E-state index contributed by atoms with van der Waals surface area (Å²) in [7, 11) is 0. The van der Waals surface area contributed by atoms with Gasteiger partial charge in [0.15, 0.2) is 5.78 Å². The van der Waals surface area contributed by atoms with Gasteiger partial charge in [0.1, 0.15) is 5.60 Å². The Hall–Kier alpha value is -0.370. The number of Topliss-reactive ketones (excluding diaryl/α,β-unsaturated/α-hetero) is 1. The smallest absolute Gasteiger partial charge is 0.166 e. The molecule has 0 aromatic carbocycles. The van der Waals surface area contributed by atoms with E-state index >= 15 is 0 Å². The van der Waals surface area contributed by atoms with Crippen molar-refractivity contribution in [3.8, 4) is 0 Å². The zero-order valence-corrected chi connectivity index (χ0v) is 12.1. The lowest BCUT2D eigenvalue weighted by Gasteiger charge is -2.22. The van der Waals surface area contributed by atoms with Crippen molar-refractivity contribution in [2.45, 2.75) is 78.4 Å². The highest BCUT2D eigenvalue weighted by molar-refractivity contribution is 5.88. The summed E-state index contributed by atoms with van der Waals surface area (Å²) >= 11 is 0. The first-order valence-corrected chi connectivity index (χ1v) is 7.08. The number of ether oxygens (including phenoxy) is 1. The zero-order valence-electron chi connectivity index (χ0n) is 12.1. The quantitative estimate of drug-likeness (QED) is 0.702. The molecular formula is C15H28O2. The van der Waals surface area contributed by atoms with Crippen LogP contribution in [0.2, 0.25) is 0 Å². The van der Waals surface area contributed by atoms with E-state index in [9.17, 15) is 4.79 Å². The van der Waals surface area contributed by atoms with Crippen LogP contribution in [0.1, 0.15) is 66.7 Å². The fraction of sp³-hybridized carbons (Fsp3) is 0.933. The molecule has 2 unspecified atom stereocenters. The molecule has 1 rings (SSSR count). The molecule has 17 heavy (non-hydrogen) atoms. The number of carbonyl (C=O) groups excluding carboxylic acids is 1. The fourth-order valence-corrected chi connectivity index (χ4v) is 2.41. The number of hydrogen-bond acceptors (Lipinski definition) is 2. The van der Waals surface area contributed by atoms with Gasteiger partial charge in [0.05, 0.1) is 6.10 Å². The van der Waals surface area contributed by atoms with Gasteiger partial charge < -0.3 is 4.74 Å². The van der Waals surface area contributed by atoms with Crippen LogP contribution in [-0.2, 0) is 9.53 Å². The molecule has 1 aliphatic heterocycles. The van der Waals surface area contributed by atoms with Gasteiger partial charge in [0.25, 0.3) is 0 Å². The Bertz CT molecular complexity index is 258. The molecule has 100 valence electrons. The monoisotopic (exact) mass is 240 g/mol. The van der Waals surface area contributed by atoms with Gasteiger partial charge in [-0.3, -0.25) is 4.79 Å². The lowest BCUT2D eigenvalue weighted by molar-refractivity contribution is -0.130. The Morgan fingerprint density at radius 2 is 2.00 bits per heavy atom. The number of rotatable bonds is 6. The van der Waals surface area contributed by atoms with E-state index in [0.29, 0.717) is 12.3 Å². The molecule has 0 saturated carbocycles. The highest BCUT2D eigenvalue weighted by Gasteiger charge is 2.41. The van der Waals surface area contributed by atoms with Crippen molar-refractivity contribution in [1.82, 2.24) is 0 Å². The highest BCUT2D eigenvalue weighted by Crippen LogP contribution is 2.32. The molecule has 3 atom stereocenters. The standard InChI is InChI=1S/C15H28O2/c1-6-11(2)8-7-9-12(3)13-10-14(16)15(4,5)17-13/h11-13H,6-10H2,1-5H3/t11?,12?,13-/m0/s1. The van der Waals surface area contributed by atoms with E-state index in [0.717, 1.165) is 5.92 Å². The van der Waals surface area contributed by atoms with E-state index in [1.165, 1.54) is 25.7 Å². The van der Waals surface area contributed by atoms with Crippen molar-refractivity contribution in [1.29, 1.82) is 0 Å². The van der Waals surface area contributed by atoms with Gasteiger partial charge in [-0.1, -0.05) is 40.0 Å². The van der Waals surface area contributed by atoms with E-state index in [2.05, 4.69) is 20.8 Å². The molecule has 0 spiro atoms. The minimum absolute atomic E-state index is 0.148. The molecule has 0 radical (unpaired) electrons. The molecule has 1 heterocycles. The molecule has 2 heteroatoms. The van der Waals surface area contributed by atoms with Crippen LogP contribution in [-0.4, -0.2) is 17.5 Å². The van der Waals surface area contributed by atoms with Gasteiger partial charge in [-0.05, 0) is 32.1 Å². The van der Waals surface area contributed by atoms with Crippen LogP contribution in [0, 0.1) is 11.8 Å². The molecule has 0 amide bonds. The van der Waals surface area contributed by atoms with E-state index in [1.807, 2.05) is 13.8 Å². The molecule has 0 bridgehead atoms. The van der Waals surface area contributed by atoms with Crippen LogP contribution in [0.25, 0.3) is 0 Å². The molecule has 0 aliphatic carbocycles. The van der Waals surface area contributed by atoms with Crippen LogP contribution in [0.5, 0.6) is 0 Å². The van der Waals surface area contributed by atoms with E-state index in [1.54, 1.807) is 0 Å². The van der Waals surface area contributed by atoms with Gasteiger partial charge in [-0.25, -0.2) is 0 Å². The molecule has 0 aromatic heterocycles. The van der Waals surface area contributed by atoms with Crippen LogP contribution < -0.4 is 0 Å². The Morgan fingerprint density at radius 1 is 1.35 bits per heavy atom. The van der Waals surface area contributed by atoms with Crippen molar-refractivity contribution < 1.29 is 9.53 Å². The normalized spacial score (nSPS) is 27.1. The second kappa shape index (κ2) is 5.99. The summed E-state index contributed by atoms with van der Waals surface area (Å²) in [4.78, 5) is 11.7. The fourth-order valence-electron chi connectivity index (χ4n) is 2.41. The maximum atomic E-state index is 11.7. The molecular weight excluding hydrogens is 212 g/mol. The second-order valence-corrected chi connectivity index (χ2v) is 6.22. The summed E-state index contributed by atoms with van der Waals surface area (Å²) in [6.45, 7) is 10.6. The molecule has 2 nitrogen and oxygen atoms in total. The van der Waals surface area contributed by atoms with Gasteiger partial charge in [-0.15, -0.1) is 0 Å². The third kappa shape index (κ3) is 4.09. The molecule has 0 aromatic rings. The van der Waals surface area contributed by atoms with Crippen LogP contribution in [0.4, 0.5) is 0 Å². The Balaban J connectivity index is 2.30. The average molecular weight is 240 g/mol.